The molecular formula is C15H13Cl2F2NO. The number of rotatable bonds is 4. The third kappa shape index (κ3) is 3.52. The average molecular weight is 332 g/mol. The molecule has 0 aliphatic rings. The van der Waals surface area contributed by atoms with Gasteiger partial charge in [0.05, 0.1) is 6.10 Å². The lowest BCUT2D eigenvalue weighted by atomic mass is 9.89. The van der Waals surface area contributed by atoms with Crippen LogP contribution in [-0.4, -0.2) is 11.7 Å². The Morgan fingerprint density at radius 3 is 2.05 bits per heavy atom. The van der Waals surface area contributed by atoms with Gasteiger partial charge in [0.15, 0.2) is 0 Å². The Kier molecular flexibility index (Phi) is 5.17. The van der Waals surface area contributed by atoms with Crippen molar-refractivity contribution < 1.29 is 13.9 Å². The van der Waals surface area contributed by atoms with Gasteiger partial charge in [-0.2, -0.15) is 0 Å². The second-order valence-electron chi connectivity index (χ2n) is 4.63. The van der Waals surface area contributed by atoms with E-state index in [0.717, 1.165) is 18.2 Å². The fraction of sp³-hybridized carbons (Fsp3) is 0.200. The van der Waals surface area contributed by atoms with E-state index in [1.165, 1.54) is 0 Å². The molecule has 21 heavy (non-hydrogen) atoms. The van der Waals surface area contributed by atoms with Crippen LogP contribution in [0.2, 0.25) is 10.0 Å². The van der Waals surface area contributed by atoms with Gasteiger partial charge in [0.2, 0.25) is 0 Å². The van der Waals surface area contributed by atoms with Gasteiger partial charge >= 0.3 is 0 Å². The zero-order valence-corrected chi connectivity index (χ0v) is 12.4. The number of aliphatic hydroxyl groups excluding tert-OH is 1. The van der Waals surface area contributed by atoms with E-state index in [4.69, 9.17) is 28.9 Å². The highest BCUT2D eigenvalue weighted by molar-refractivity contribution is 6.36. The van der Waals surface area contributed by atoms with E-state index in [-0.39, 0.29) is 12.1 Å². The highest BCUT2D eigenvalue weighted by Crippen LogP contribution is 2.38. The zero-order chi connectivity index (χ0) is 15.6. The van der Waals surface area contributed by atoms with E-state index in [2.05, 4.69) is 0 Å². The molecule has 2 rings (SSSR count). The lowest BCUT2D eigenvalue weighted by Crippen LogP contribution is -2.21. The third-order valence-electron chi connectivity index (χ3n) is 3.23. The summed E-state index contributed by atoms with van der Waals surface area (Å²) in [6.07, 6.45) is -1.22. The summed E-state index contributed by atoms with van der Waals surface area (Å²) in [7, 11) is 0. The zero-order valence-electron chi connectivity index (χ0n) is 10.9. The largest absolute Gasteiger partial charge is 0.388 e. The number of aliphatic hydroxyl groups is 1. The molecule has 0 aliphatic heterocycles. The van der Waals surface area contributed by atoms with Gasteiger partial charge in [0.1, 0.15) is 11.6 Å². The number of halogens is 4. The number of benzene rings is 2. The van der Waals surface area contributed by atoms with Crippen LogP contribution < -0.4 is 5.73 Å². The summed E-state index contributed by atoms with van der Waals surface area (Å²) in [6.45, 7) is 0.0166. The van der Waals surface area contributed by atoms with Crippen molar-refractivity contribution in [2.24, 2.45) is 5.73 Å². The summed E-state index contributed by atoms with van der Waals surface area (Å²) in [4.78, 5) is 0. The fourth-order valence-electron chi connectivity index (χ4n) is 2.25. The smallest absolute Gasteiger partial charge is 0.126 e. The van der Waals surface area contributed by atoms with Crippen molar-refractivity contribution in [1.82, 2.24) is 0 Å². The van der Waals surface area contributed by atoms with Crippen LogP contribution >= 0.6 is 23.2 Å². The van der Waals surface area contributed by atoms with Gasteiger partial charge in [-0.15, -0.1) is 0 Å². The molecule has 0 spiro atoms. The highest BCUT2D eigenvalue weighted by Gasteiger charge is 2.26. The predicted octanol–water partition coefficient (Wildman–Crippen LogP) is 4.05. The summed E-state index contributed by atoms with van der Waals surface area (Å²) >= 11 is 12.2. The average Bonchev–Trinajstić information content (AvgIpc) is 2.41. The molecule has 0 heterocycles. The highest BCUT2D eigenvalue weighted by atomic mass is 35.5. The molecule has 0 radical (unpaired) electrons. The Balaban J connectivity index is 2.45. The Hall–Kier alpha value is -1.20. The van der Waals surface area contributed by atoms with Crippen LogP contribution in [0.15, 0.2) is 36.4 Å². The first-order valence-corrected chi connectivity index (χ1v) is 6.97. The molecule has 112 valence electrons. The molecule has 0 amide bonds. The lowest BCUT2D eigenvalue weighted by Gasteiger charge is -2.24. The van der Waals surface area contributed by atoms with Gasteiger partial charge < -0.3 is 10.8 Å². The van der Waals surface area contributed by atoms with Crippen LogP contribution in [0.4, 0.5) is 8.78 Å². The van der Waals surface area contributed by atoms with Gasteiger partial charge in [-0.1, -0.05) is 29.3 Å². The Bertz CT molecular complexity index is 611. The van der Waals surface area contributed by atoms with Gasteiger partial charge in [-0.3, -0.25) is 0 Å². The molecule has 0 aliphatic carbocycles. The molecule has 2 nitrogen and oxygen atoms in total. The monoisotopic (exact) mass is 331 g/mol. The van der Waals surface area contributed by atoms with Crippen LogP contribution in [0.3, 0.4) is 0 Å². The molecule has 2 atom stereocenters. The minimum absolute atomic E-state index is 0.0166. The Morgan fingerprint density at radius 2 is 1.57 bits per heavy atom. The normalized spacial score (nSPS) is 14.0. The molecule has 2 unspecified atom stereocenters. The molecule has 2 aromatic rings. The SMILES string of the molecule is NCC(c1c(Cl)cccc1Cl)C(O)c1cc(F)cc(F)c1. The molecule has 0 saturated carbocycles. The van der Waals surface area contributed by atoms with Crippen molar-refractivity contribution in [1.29, 1.82) is 0 Å². The van der Waals surface area contributed by atoms with Crippen molar-refractivity contribution in [2.45, 2.75) is 12.0 Å². The van der Waals surface area contributed by atoms with Crippen molar-refractivity contribution in [3.63, 3.8) is 0 Å². The quantitative estimate of drug-likeness (QED) is 0.887. The molecule has 3 N–H and O–H groups in total. The third-order valence-corrected chi connectivity index (χ3v) is 3.89. The molecule has 0 bridgehead atoms. The van der Waals surface area contributed by atoms with Crippen molar-refractivity contribution in [2.75, 3.05) is 6.54 Å². The van der Waals surface area contributed by atoms with Crippen molar-refractivity contribution in [3.8, 4) is 0 Å². The van der Waals surface area contributed by atoms with E-state index in [1.54, 1.807) is 18.2 Å². The maximum absolute atomic E-state index is 13.3. The molecule has 0 aromatic heterocycles. The minimum Gasteiger partial charge on any atom is -0.388 e. The van der Waals surface area contributed by atoms with Crippen LogP contribution in [0.5, 0.6) is 0 Å². The summed E-state index contributed by atoms with van der Waals surface area (Å²) < 4.78 is 26.6. The Labute approximate surface area is 131 Å². The second-order valence-corrected chi connectivity index (χ2v) is 5.44. The summed E-state index contributed by atoms with van der Waals surface area (Å²) in [5.74, 6) is -2.22. The standard InChI is InChI=1S/C15H13Cl2F2NO/c16-12-2-1-3-13(17)14(12)11(7-20)15(21)8-4-9(18)6-10(19)5-8/h1-6,11,15,21H,7,20H2. The molecule has 0 saturated heterocycles. The minimum atomic E-state index is -1.22. The van der Waals surface area contributed by atoms with Gasteiger partial charge in [-0.05, 0) is 35.4 Å². The van der Waals surface area contributed by atoms with E-state index in [1.807, 2.05) is 0 Å². The van der Waals surface area contributed by atoms with Crippen LogP contribution in [0, 0.1) is 11.6 Å². The summed E-state index contributed by atoms with van der Waals surface area (Å²) in [5.41, 5.74) is 6.23. The van der Waals surface area contributed by atoms with Gasteiger partial charge in [0.25, 0.3) is 0 Å². The molecule has 0 fully saturated rings. The second kappa shape index (κ2) is 6.71. The van der Waals surface area contributed by atoms with E-state index in [9.17, 15) is 13.9 Å². The van der Waals surface area contributed by atoms with Crippen molar-refractivity contribution >= 4 is 23.2 Å². The maximum atomic E-state index is 13.3. The lowest BCUT2D eigenvalue weighted by molar-refractivity contribution is 0.146. The Morgan fingerprint density at radius 1 is 1.05 bits per heavy atom. The van der Waals surface area contributed by atoms with E-state index >= 15 is 0 Å². The van der Waals surface area contributed by atoms with Crippen molar-refractivity contribution in [3.05, 3.63) is 69.2 Å². The first kappa shape index (κ1) is 16.2. The molecular weight excluding hydrogens is 319 g/mol. The van der Waals surface area contributed by atoms with Crippen LogP contribution in [-0.2, 0) is 0 Å². The number of nitrogens with two attached hydrogens (primary N) is 1. The topological polar surface area (TPSA) is 46.2 Å². The van der Waals surface area contributed by atoms with E-state index < -0.39 is 23.7 Å². The van der Waals surface area contributed by atoms with E-state index in [0.29, 0.717) is 15.6 Å². The number of hydrogen-bond acceptors (Lipinski definition) is 2. The van der Waals surface area contributed by atoms with Crippen LogP contribution in [0.25, 0.3) is 0 Å². The first-order chi connectivity index (χ1) is 9.93. The maximum Gasteiger partial charge on any atom is 0.126 e. The summed E-state index contributed by atoms with van der Waals surface area (Å²) in [6, 6.07) is 7.74. The summed E-state index contributed by atoms with van der Waals surface area (Å²) in [5, 5.41) is 11.1. The fourth-order valence-corrected chi connectivity index (χ4v) is 2.93. The molecule has 6 heteroatoms. The predicted molar refractivity (Wildman–Crippen MR) is 79.6 cm³/mol. The first-order valence-electron chi connectivity index (χ1n) is 6.22. The van der Waals surface area contributed by atoms with Gasteiger partial charge in [-0.25, -0.2) is 8.78 Å². The molecule has 2 aromatic carbocycles. The van der Waals surface area contributed by atoms with Crippen LogP contribution in [0.1, 0.15) is 23.1 Å². The number of hydrogen-bond donors (Lipinski definition) is 2. The van der Waals surface area contributed by atoms with Gasteiger partial charge in [0, 0.05) is 28.6 Å².